The molecule has 2 aromatic carbocycles. The summed E-state index contributed by atoms with van der Waals surface area (Å²) in [5.74, 6) is 0.372. The molecule has 0 saturated carbocycles. The zero-order chi connectivity index (χ0) is 21.1. The molecular weight excluding hydrogens is 364 g/mol. The monoisotopic (exact) mass is 396 g/mol. The quantitative estimate of drug-likeness (QED) is 0.629. The van der Waals surface area contributed by atoms with Crippen molar-refractivity contribution in [3.05, 3.63) is 65.7 Å². The van der Waals surface area contributed by atoms with Crippen molar-refractivity contribution in [1.82, 2.24) is 10.2 Å². The fourth-order valence-electron chi connectivity index (χ4n) is 3.20. The van der Waals surface area contributed by atoms with Crippen LogP contribution in [0.15, 0.2) is 54.6 Å². The number of ether oxygens (including phenoxy) is 1. The third-order valence-electron chi connectivity index (χ3n) is 4.77. The summed E-state index contributed by atoms with van der Waals surface area (Å²) in [5, 5.41) is 2.92. The van der Waals surface area contributed by atoms with Gasteiger partial charge in [-0.1, -0.05) is 56.3 Å². The van der Waals surface area contributed by atoms with Gasteiger partial charge >= 0.3 is 0 Å². The van der Waals surface area contributed by atoms with Gasteiger partial charge in [0.05, 0.1) is 0 Å². The topological polar surface area (TPSA) is 58.6 Å². The third kappa shape index (κ3) is 7.26. The number of amides is 2. The Kier molecular flexibility index (Phi) is 9.22. The number of hydrogen-bond donors (Lipinski definition) is 1. The molecule has 0 unspecified atom stereocenters. The zero-order valence-electron chi connectivity index (χ0n) is 17.7. The lowest BCUT2D eigenvalue weighted by molar-refractivity contribution is -0.142. The Bertz CT molecular complexity index is 777. The summed E-state index contributed by atoms with van der Waals surface area (Å²) in [6.07, 6.45) is 2.10. The first kappa shape index (κ1) is 22.5. The van der Waals surface area contributed by atoms with Crippen molar-refractivity contribution < 1.29 is 14.3 Å². The lowest BCUT2D eigenvalue weighted by Crippen LogP contribution is -2.51. The summed E-state index contributed by atoms with van der Waals surface area (Å²) in [7, 11) is 0. The van der Waals surface area contributed by atoms with Gasteiger partial charge in [0.2, 0.25) is 5.91 Å². The zero-order valence-corrected chi connectivity index (χ0v) is 17.7. The van der Waals surface area contributed by atoms with Crippen molar-refractivity contribution in [3.8, 4) is 5.75 Å². The van der Waals surface area contributed by atoms with Crippen molar-refractivity contribution in [3.63, 3.8) is 0 Å². The highest BCUT2D eigenvalue weighted by Gasteiger charge is 2.28. The van der Waals surface area contributed by atoms with Crippen LogP contribution in [0.1, 0.15) is 37.8 Å². The second-order valence-corrected chi connectivity index (χ2v) is 7.14. The van der Waals surface area contributed by atoms with Crippen LogP contribution in [0.25, 0.3) is 0 Å². The Labute approximate surface area is 174 Å². The van der Waals surface area contributed by atoms with Gasteiger partial charge < -0.3 is 15.0 Å². The van der Waals surface area contributed by atoms with Crippen LogP contribution >= 0.6 is 0 Å². The van der Waals surface area contributed by atoms with Gasteiger partial charge in [0, 0.05) is 13.1 Å². The van der Waals surface area contributed by atoms with Crippen molar-refractivity contribution >= 4 is 11.8 Å². The SMILES string of the molecule is CCCNC(=O)[C@@H](CC)N(CCc1ccccc1)C(=O)COc1cccc(C)c1. The molecule has 0 fully saturated rings. The lowest BCUT2D eigenvalue weighted by Gasteiger charge is -2.30. The van der Waals surface area contributed by atoms with E-state index in [0.717, 1.165) is 17.5 Å². The molecule has 29 heavy (non-hydrogen) atoms. The van der Waals surface area contributed by atoms with E-state index in [1.165, 1.54) is 0 Å². The minimum absolute atomic E-state index is 0.0875. The van der Waals surface area contributed by atoms with Crippen molar-refractivity contribution in [1.29, 1.82) is 0 Å². The molecular formula is C24H32N2O3. The molecule has 0 aliphatic rings. The first-order chi connectivity index (χ1) is 14.0. The van der Waals surface area contributed by atoms with Crippen LogP contribution < -0.4 is 10.1 Å². The molecule has 0 aromatic heterocycles. The second-order valence-electron chi connectivity index (χ2n) is 7.14. The second kappa shape index (κ2) is 11.9. The predicted octanol–water partition coefficient (Wildman–Crippen LogP) is 3.75. The number of rotatable bonds is 11. The van der Waals surface area contributed by atoms with E-state index >= 15 is 0 Å². The standard InChI is InChI=1S/C24H32N2O3/c1-4-15-25-24(28)22(5-2)26(16-14-20-11-7-6-8-12-20)23(27)18-29-21-13-9-10-19(3)17-21/h6-13,17,22H,4-5,14-16,18H2,1-3H3,(H,25,28)/t22-/m1/s1. The molecule has 156 valence electrons. The predicted molar refractivity (Wildman–Crippen MR) is 116 cm³/mol. The van der Waals surface area contributed by atoms with Crippen molar-refractivity contribution in [2.75, 3.05) is 19.7 Å². The van der Waals surface area contributed by atoms with Gasteiger partial charge in [-0.2, -0.15) is 0 Å². The number of nitrogens with zero attached hydrogens (tertiary/aromatic N) is 1. The molecule has 0 bridgehead atoms. The van der Waals surface area contributed by atoms with Crippen molar-refractivity contribution in [2.45, 2.75) is 46.1 Å². The Balaban J connectivity index is 2.10. The smallest absolute Gasteiger partial charge is 0.261 e. The van der Waals surface area contributed by atoms with Crippen molar-refractivity contribution in [2.24, 2.45) is 0 Å². The fourth-order valence-corrected chi connectivity index (χ4v) is 3.20. The van der Waals surface area contributed by atoms with E-state index in [1.54, 1.807) is 4.90 Å². The summed E-state index contributed by atoms with van der Waals surface area (Å²) < 4.78 is 5.71. The first-order valence-corrected chi connectivity index (χ1v) is 10.4. The molecule has 1 N–H and O–H groups in total. The maximum absolute atomic E-state index is 13.0. The lowest BCUT2D eigenvalue weighted by atomic mass is 10.1. The number of carbonyl (C=O) groups excluding carboxylic acids is 2. The van der Waals surface area contributed by atoms with Crippen LogP contribution in [0, 0.1) is 6.92 Å². The summed E-state index contributed by atoms with van der Waals surface area (Å²) in [6.45, 7) is 6.91. The number of carbonyl (C=O) groups is 2. The summed E-state index contributed by atoms with van der Waals surface area (Å²) in [5.41, 5.74) is 2.20. The maximum Gasteiger partial charge on any atom is 0.261 e. The van der Waals surface area contributed by atoms with E-state index in [4.69, 9.17) is 4.74 Å². The van der Waals surface area contributed by atoms with Crippen LogP contribution in [0.2, 0.25) is 0 Å². The van der Waals surface area contributed by atoms with Gasteiger partial charge in [-0.05, 0) is 49.4 Å². The average Bonchev–Trinajstić information content (AvgIpc) is 2.74. The minimum atomic E-state index is -0.501. The molecule has 0 spiro atoms. The summed E-state index contributed by atoms with van der Waals surface area (Å²) in [4.78, 5) is 27.3. The average molecular weight is 397 g/mol. The molecule has 2 aromatic rings. The molecule has 0 radical (unpaired) electrons. The Morgan fingerprint density at radius 2 is 1.83 bits per heavy atom. The molecule has 1 atom stereocenters. The highest BCUT2D eigenvalue weighted by atomic mass is 16.5. The molecule has 2 rings (SSSR count). The van der Waals surface area contributed by atoms with E-state index in [1.807, 2.05) is 75.4 Å². The molecule has 2 amide bonds. The Morgan fingerprint density at radius 3 is 2.48 bits per heavy atom. The van der Waals surface area contributed by atoms with Crippen LogP contribution in [-0.4, -0.2) is 42.5 Å². The molecule has 0 saturated heterocycles. The largest absolute Gasteiger partial charge is 0.484 e. The highest BCUT2D eigenvalue weighted by Crippen LogP contribution is 2.14. The molecule has 5 nitrogen and oxygen atoms in total. The van der Waals surface area contributed by atoms with Crippen LogP contribution in [0.4, 0.5) is 0 Å². The molecule has 5 heteroatoms. The van der Waals surface area contributed by atoms with E-state index in [9.17, 15) is 9.59 Å². The number of benzene rings is 2. The van der Waals surface area contributed by atoms with Gasteiger partial charge in [-0.15, -0.1) is 0 Å². The number of hydrogen-bond acceptors (Lipinski definition) is 3. The maximum atomic E-state index is 13.0. The van der Waals surface area contributed by atoms with E-state index in [-0.39, 0.29) is 18.4 Å². The van der Waals surface area contributed by atoms with E-state index in [2.05, 4.69) is 5.32 Å². The normalized spacial score (nSPS) is 11.6. The first-order valence-electron chi connectivity index (χ1n) is 10.4. The van der Waals surface area contributed by atoms with Crippen LogP contribution in [0.5, 0.6) is 5.75 Å². The van der Waals surface area contributed by atoms with Gasteiger partial charge in [0.15, 0.2) is 6.61 Å². The van der Waals surface area contributed by atoms with E-state index in [0.29, 0.717) is 31.7 Å². The summed E-state index contributed by atoms with van der Waals surface area (Å²) >= 11 is 0. The highest BCUT2D eigenvalue weighted by molar-refractivity contribution is 5.88. The minimum Gasteiger partial charge on any atom is -0.484 e. The molecule has 0 aliphatic carbocycles. The third-order valence-corrected chi connectivity index (χ3v) is 4.77. The fraction of sp³-hybridized carbons (Fsp3) is 0.417. The molecule has 0 heterocycles. The number of aryl methyl sites for hydroxylation is 1. The van der Waals surface area contributed by atoms with Gasteiger partial charge in [0.1, 0.15) is 11.8 Å². The Hall–Kier alpha value is -2.82. The van der Waals surface area contributed by atoms with E-state index < -0.39 is 6.04 Å². The molecule has 0 aliphatic heterocycles. The van der Waals surface area contributed by atoms with Gasteiger partial charge in [0.25, 0.3) is 5.91 Å². The van der Waals surface area contributed by atoms with Gasteiger partial charge in [-0.3, -0.25) is 9.59 Å². The summed E-state index contributed by atoms with van der Waals surface area (Å²) in [6, 6.07) is 17.1. The van der Waals surface area contributed by atoms with Gasteiger partial charge in [-0.25, -0.2) is 0 Å². The Morgan fingerprint density at radius 1 is 1.07 bits per heavy atom. The van der Waals surface area contributed by atoms with Crippen LogP contribution in [0.3, 0.4) is 0 Å². The van der Waals surface area contributed by atoms with Crippen LogP contribution in [-0.2, 0) is 16.0 Å². The number of nitrogens with one attached hydrogen (secondary N) is 1.